The summed E-state index contributed by atoms with van der Waals surface area (Å²) in [6, 6.07) is 5.69. The van der Waals surface area contributed by atoms with Crippen molar-refractivity contribution in [2.75, 3.05) is 0 Å². The molecule has 6 heteroatoms. The molecule has 0 heterocycles. The number of rotatable bonds is 5. The third-order valence-electron chi connectivity index (χ3n) is 2.38. The predicted molar refractivity (Wildman–Crippen MR) is 64.7 cm³/mol. The molecule has 0 saturated heterocycles. The quantitative estimate of drug-likeness (QED) is 0.884. The van der Waals surface area contributed by atoms with Gasteiger partial charge in [-0.1, -0.05) is 6.92 Å². The maximum Gasteiger partial charge on any atom is 0.304 e. The predicted octanol–water partition coefficient (Wildman–Crippen LogP) is 1.81. The molecule has 2 atom stereocenters. The molecule has 1 aromatic carbocycles. The second-order valence-corrected chi connectivity index (χ2v) is 5.71. The number of carboxylic acids is 1. The fourth-order valence-corrected chi connectivity index (χ4v) is 2.53. The zero-order valence-corrected chi connectivity index (χ0v) is 10.5. The summed E-state index contributed by atoms with van der Waals surface area (Å²) < 4.78 is 25.2. The fourth-order valence-electron chi connectivity index (χ4n) is 1.39. The molecule has 0 spiro atoms. The highest BCUT2D eigenvalue weighted by Crippen LogP contribution is 2.15. The van der Waals surface area contributed by atoms with Crippen molar-refractivity contribution in [2.45, 2.75) is 24.3 Å². The molecule has 0 radical (unpaired) electrons. The highest BCUT2D eigenvalue weighted by Gasteiger charge is 2.17. The fraction of sp³-hybridized carbons (Fsp3) is 0.333. The van der Waals surface area contributed by atoms with Gasteiger partial charge in [0, 0.05) is 21.6 Å². The SMILES string of the molecule is CC(CC(=O)O)S(=O)Cc1cc(C#N)ccc1F. The Kier molecular flexibility index (Phi) is 4.98. The van der Waals surface area contributed by atoms with Crippen LogP contribution in [0.15, 0.2) is 18.2 Å². The Balaban J connectivity index is 2.81. The second-order valence-electron chi connectivity index (χ2n) is 3.85. The Hall–Kier alpha value is -1.74. The number of halogens is 1. The van der Waals surface area contributed by atoms with Crippen LogP contribution in [0.4, 0.5) is 4.39 Å². The molecule has 1 N–H and O–H groups in total. The molecule has 0 aliphatic heterocycles. The summed E-state index contributed by atoms with van der Waals surface area (Å²) in [4.78, 5) is 10.5. The minimum atomic E-state index is -1.49. The zero-order chi connectivity index (χ0) is 13.7. The molecule has 1 rings (SSSR count). The largest absolute Gasteiger partial charge is 0.481 e. The number of hydrogen-bond donors (Lipinski definition) is 1. The van der Waals surface area contributed by atoms with Crippen LogP contribution < -0.4 is 0 Å². The Morgan fingerprint density at radius 1 is 1.61 bits per heavy atom. The Labute approximate surface area is 107 Å². The van der Waals surface area contributed by atoms with E-state index in [-0.39, 0.29) is 23.3 Å². The summed E-state index contributed by atoms with van der Waals surface area (Å²) in [6.07, 6.45) is -0.230. The van der Waals surface area contributed by atoms with E-state index in [4.69, 9.17) is 10.4 Å². The molecule has 0 aliphatic rings. The first-order chi connectivity index (χ1) is 8.43. The van der Waals surface area contributed by atoms with E-state index in [9.17, 15) is 13.4 Å². The molecule has 96 valence electrons. The summed E-state index contributed by atoms with van der Waals surface area (Å²) in [5, 5.41) is 16.7. The van der Waals surface area contributed by atoms with E-state index >= 15 is 0 Å². The van der Waals surface area contributed by atoms with Crippen molar-refractivity contribution in [1.82, 2.24) is 0 Å². The van der Waals surface area contributed by atoms with Gasteiger partial charge in [-0.3, -0.25) is 9.00 Å². The average Bonchev–Trinajstić information content (AvgIpc) is 2.31. The molecule has 0 saturated carbocycles. The van der Waals surface area contributed by atoms with Crippen LogP contribution >= 0.6 is 0 Å². The van der Waals surface area contributed by atoms with Gasteiger partial charge < -0.3 is 5.11 Å². The number of nitriles is 1. The first-order valence-electron chi connectivity index (χ1n) is 5.21. The van der Waals surface area contributed by atoms with E-state index in [1.54, 1.807) is 0 Å². The Morgan fingerprint density at radius 2 is 2.28 bits per heavy atom. The van der Waals surface area contributed by atoms with Crippen LogP contribution in [0.1, 0.15) is 24.5 Å². The third kappa shape index (κ3) is 3.93. The van der Waals surface area contributed by atoms with E-state index in [1.807, 2.05) is 6.07 Å². The van der Waals surface area contributed by atoms with Gasteiger partial charge in [0.25, 0.3) is 0 Å². The van der Waals surface area contributed by atoms with Gasteiger partial charge in [-0.25, -0.2) is 4.39 Å². The number of nitrogens with zero attached hydrogens (tertiary/aromatic N) is 1. The van der Waals surface area contributed by atoms with Crippen LogP contribution in [-0.4, -0.2) is 20.5 Å². The van der Waals surface area contributed by atoms with Crippen molar-refractivity contribution in [3.8, 4) is 6.07 Å². The number of carbonyl (C=O) groups is 1. The van der Waals surface area contributed by atoms with Crippen LogP contribution in [0.2, 0.25) is 0 Å². The van der Waals surface area contributed by atoms with Crippen LogP contribution in [-0.2, 0) is 21.3 Å². The Morgan fingerprint density at radius 3 is 2.83 bits per heavy atom. The number of aliphatic carboxylic acids is 1. The van der Waals surface area contributed by atoms with Gasteiger partial charge in [-0.15, -0.1) is 0 Å². The van der Waals surface area contributed by atoms with E-state index in [0.717, 1.165) is 6.07 Å². The van der Waals surface area contributed by atoms with Crippen LogP contribution in [0.3, 0.4) is 0 Å². The lowest BCUT2D eigenvalue weighted by atomic mass is 10.1. The second kappa shape index (κ2) is 6.26. The molecular weight excluding hydrogens is 257 g/mol. The van der Waals surface area contributed by atoms with Gasteiger partial charge in [0.05, 0.1) is 23.8 Å². The number of benzene rings is 1. The highest BCUT2D eigenvalue weighted by molar-refractivity contribution is 7.84. The van der Waals surface area contributed by atoms with E-state index in [0.29, 0.717) is 0 Å². The monoisotopic (exact) mass is 269 g/mol. The summed E-state index contributed by atoms with van der Waals surface area (Å²) in [7, 11) is -1.49. The summed E-state index contributed by atoms with van der Waals surface area (Å²) >= 11 is 0. The van der Waals surface area contributed by atoms with Gasteiger partial charge >= 0.3 is 5.97 Å². The molecule has 0 amide bonds. The molecule has 1 aromatic rings. The Bertz CT molecular complexity index is 525. The highest BCUT2D eigenvalue weighted by atomic mass is 32.2. The summed E-state index contributed by atoms with van der Waals surface area (Å²) in [5.74, 6) is -1.66. The molecule has 0 fully saturated rings. The van der Waals surface area contributed by atoms with Gasteiger partial charge in [0.1, 0.15) is 5.82 Å². The van der Waals surface area contributed by atoms with Crippen molar-refractivity contribution in [3.05, 3.63) is 35.1 Å². The van der Waals surface area contributed by atoms with Crippen LogP contribution in [0.25, 0.3) is 0 Å². The lowest BCUT2D eigenvalue weighted by molar-refractivity contribution is -0.136. The van der Waals surface area contributed by atoms with E-state index < -0.39 is 27.8 Å². The normalized spacial score (nSPS) is 13.6. The molecule has 2 unspecified atom stereocenters. The first kappa shape index (κ1) is 14.3. The maximum atomic E-state index is 13.4. The minimum absolute atomic E-state index is 0.0875. The minimum Gasteiger partial charge on any atom is -0.481 e. The molecule has 0 aliphatic carbocycles. The molecule has 0 bridgehead atoms. The van der Waals surface area contributed by atoms with Crippen molar-refractivity contribution >= 4 is 16.8 Å². The maximum absolute atomic E-state index is 13.4. The van der Waals surface area contributed by atoms with Gasteiger partial charge in [-0.05, 0) is 18.2 Å². The topological polar surface area (TPSA) is 78.2 Å². The lowest BCUT2D eigenvalue weighted by Gasteiger charge is -2.09. The van der Waals surface area contributed by atoms with Crippen molar-refractivity contribution in [2.24, 2.45) is 0 Å². The van der Waals surface area contributed by atoms with Crippen molar-refractivity contribution in [1.29, 1.82) is 5.26 Å². The van der Waals surface area contributed by atoms with Crippen molar-refractivity contribution < 1.29 is 18.5 Å². The lowest BCUT2D eigenvalue weighted by Crippen LogP contribution is -2.17. The van der Waals surface area contributed by atoms with E-state index in [1.165, 1.54) is 19.1 Å². The zero-order valence-electron chi connectivity index (χ0n) is 9.72. The molecular formula is C12H12FNO3S. The van der Waals surface area contributed by atoms with E-state index in [2.05, 4.69) is 0 Å². The summed E-state index contributed by atoms with van der Waals surface area (Å²) in [5.41, 5.74) is 0.457. The molecule has 18 heavy (non-hydrogen) atoms. The smallest absolute Gasteiger partial charge is 0.304 e. The van der Waals surface area contributed by atoms with Crippen molar-refractivity contribution in [3.63, 3.8) is 0 Å². The van der Waals surface area contributed by atoms with Gasteiger partial charge in [-0.2, -0.15) is 5.26 Å². The third-order valence-corrected chi connectivity index (χ3v) is 4.04. The number of carboxylic acid groups (broad SMARTS) is 1. The average molecular weight is 269 g/mol. The van der Waals surface area contributed by atoms with Crippen LogP contribution in [0, 0.1) is 17.1 Å². The number of hydrogen-bond acceptors (Lipinski definition) is 3. The van der Waals surface area contributed by atoms with Gasteiger partial charge in [0.2, 0.25) is 0 Å². The van der Waals surface area contributed by atoms with Gasteiger partial charge in [0.15, 0.2) is 0 Å². The molecule has 4 nitrogen and oxygen atoms in total. The van der Waals surface area contributed by atoms with Crippen LogP contribution in [0.5, 0.6) is 0 Å². The first-order valence-corrected chi connectivity index (χ1v) is 6.59. The summed E-state index contributed by atoms with van der Waals surface area (Å²) in [6.45, 7) is 1.54. The molecule has 0 aromatic heterocycles. The standard InChI is InChI=1S/C12H12FNO3S/c1-8(4-12(15)16)18(17)7-10-5-9(6-14)2-3-11(10)13/h2-3,5,8H,4,7H2,1H3,(H,15,16).